The van der Waals surface area contributed by atoms with E-state index in [0.29, 0.717) is 50.8 Å². The Labute approximate surface area is 201 Å². The summed E-state index contributed by atoms with van der Waals surface area (Å²) in [4.78, 5) is 29.1. The summed E-state index contributed by atoms with van der Waals surface area (Å²) in [5.74, 6) is 1.14. The molecule has 0 aromatic heterocycles. The minimum absolute atomic E-state index is 0.0356. The average molecular weight is 464 g/mol. The van der Waals surface area contributed by atoms with Gasteiger partial charge in [0.2, 0.25) is 11.8 Å². The zero-order valence-electron chi connectivity index (χ0n) is 20.2. The minimum atomic E-state index is -0.0504. The smallest absolute Gasteiger partial charge is 0.246 e. The van der Waals surface area contributed by atoms with E-state index in [-0.39, 0.29) is 11.8 Å². The molecule has 1 fully saturated rings. The molecule has 7 heteroatoms. The number of benzene rings is 2. The molecule has 2 aromatic carbocycles. The van der Waals surface area contributed by atoms with Gasteiger partial charge in [0.05, 0.1) is 13.7 Å². The summed E-state index contributed by atoms with van der Waals surface area (Å²) in [7, 11) is 1.58. The summed E-state index contributed by atoms with van der Waals surface area (Å²) in [5, 5.41) is 3.03. The summed E-state index contributed by atoms with van der Waals surface area (Å²) >= 11 is 0. The van der Waals surface area contributed by atoms with Crippen LogP contribution in [-0.4, -0.2) is 68.1 Å². The van der Waals surface area contributed by atoms with E-state index in [1.54, 1.807) is 30.2 Å². The number of amides is 2. The number of hydrogen-bond acceptors (Lipinski definition) is 5. The van der Waals surface area contributed by atoms with Crippen LogP contribution in [0.3, 0.4) is 0 Å². The number of aryl methyl sites for hydroxylation is 2. The molecule has 2 aromatic rings. The fourth-order valence-electron chi connectivity index (χ4n) is 3.85. The third kappa shape index (κ3) is 6.71. The van der Waals surface area contributed by atoms with Crippen molar-refractivity contribution in [2.45, 2.75) is 13.8 Å². The van der Waals surface area contributed by atoms with Gasteiger partial charge in [0.15, 0.2) is 11.5 Å². The number of carbonyl (C=O) groups is 2. The lowest BCUT2D eigenvalue weighted by Gasteiger charge is -2.33. The van der Waals surface area contributed by atoms with E-state index in [9.17, 15) is 9.59 Å². The van der Waals surface area contributed by atoms with Crippen LogP contribution in [0.4, 0.5) is 5.69 Å². The van der Waals surface area contributed by atoms with Crippen LogP contribution in [0.2, 0.25) is 0 Å². The molecule has 0 aliphatic carbocycles. The van der Waals surface area contributed by atoms with Crippen LogP contribution in [0.5, 0.6) is 11.5 Å². The molecule has 1 saturated heterocycles. The molecule has 1 aliphatic rings. The van der Waals surface area contributed by atoms with E-state index in [2.05, 4.69) is 16.8 Å². The maximum atomic E-state index is 12.7. The van der Waals surface area contributed by atoms with Crippen molar-refractivity contribution in [3.63, 3.8) is 0 Å². The third-order valence-electron chi connectivity index (χ3n) is 5.76. The Morgan fingerprint density at radius 2 is 1.76 bits per heavy atom. The van der Waals surface area contributed by atoms with Gasteiger partial charge in [-0.05, 0) is 48.7 Å². The van der Waals surface area contributed by atoms with E-state index in [0.717, 1.165) is 22.4 Å². The van der Waals surface area contributed by atoms with Crippen molar-refractivity contribution >= 4 is 23.6 Å². The summed E-state index contributed by atoms with van der Waals surface area (Å²) in [6.45, 7) is 10.8. The highest BCUT2D eigenvalue weighted by Crippen LogP contribution is 2.28. The lowest BCUT2D eigenvalue weighted by molar-refractivity contribution is -0.127. The van der Waals surface area contributed by atoms with Gasteiger partial charge < -0.3 is 19.7 Å². The van der Waals surface area contributed by atoms with E-state index in [1.165, 1.54) is 0 Å². The molecule has 180 valence electrons. The molecule has 0 unspecified atom stereocenters. The Balaban J connectivity index is 1.49. The van der Waals surface area contributed by atoms with Gasteiger partial charge in [0.1, 0.15) is 6.61 Å². The molecular formula is C27H33N3O4. The molecule has 1 heterocycles. The quantitative estimate of drug-likeness (QED) is 0.454. The molecule has 0 bridgehead atoms. The van der Waals surface area contributed by atoms with Gasteiger partial charge in [-0.2, -0.15) is 0 Å². The Hall–Kier alpha value is -3.58. The number of nitrogens with one attached hydrogen (secondary N) is 1. The standard InChI is InChI=1S/C27H33N3O4/c1-5-17-34-23-11-9-22(18-24(23)33-4)10-12-26(32)30-15-13-29(14-16-30)19-25(31)28-27-20(2)7-6-8-21(27)3/h5-12,18H,1,13-17,19H2,2-4H3,(H,28,31)/b12-10+. The number of hydrogen-bond donors (Lipinski definition) is 1. The SMILES string of the molecule is C=CCOc1ccc(/C=C/C(=O)N2CCN(CC(=O)Nc3c(C)cccc3C)CC2)cc1OC. The molecule has 34 heavy (non-hydrogen) atoms. The van der Waals surface area contributed by atoms with Crippen molar-refractivity contribution < 1.29 is 19.1 Å². The zero-order valence-corrected chi connectivity index (χ0v) is 20.2. The first-order valence-electron chi connectivity index (χ1n) is 11.4. The predicted octanol–water partition coefficient (Wildman–Crippen LogP) is 3.67. The lowest BCUT2D eigenvalue weighted by atomic mass is 10.1. The largest absolute Gasteiger partial charge is 0.493 e. The maximum absolute atomic E-state index is 12.7. The van der Waals surface area contributed by atoms with Gasteiger partial charge in [-0.25, -0.2) is 0 Å². The topological polar surface area (TPSA) is 71.1 Å². The van der Waals surface area contributed by atoms with Crippen molar-refractivity contribution in [3.8, 4) is 11.5 Å². The highest BCUT2D eigenvalue weighted by atomic mass is 16.5. The zero-order chi connectivity index (χ0) is 24.5. The number of piperazine rings is 1. The number of methoxy groups -OCH3 is 1. The number of carbonyl (C=O) groups excluding carboxylic acids is 2. The number of ether oxygens (including phenoxy) is 2. The predicted molar refractivity (Wildman–Crippen MR) is 135 cm³/mol. The van der Waals surface area contributed by atoms with Crippen LogP contribution in [0.25, 0.3) is 6.08 Å². The molecule has 7 nitrogen and oxygen atoms in total. The Bertz CT molecular complexity index is 1040. The van der Waals surface area contributed by atoms with Crippen LogP contribution in [-0.2, 0) is 9.59 Å². The highest BCUT2D eigenvalue weighted by molar-refractivity contribution is 5.94. The van der Waals surface area contributed by atoms with E-state index in [4.69, 9.17) is 9.47 Å². The van der Waals surface area contributed by atoms with Crippen molar-refractivity contribution in [1.82, 2.24) is 9.80 Å². The number of anilines is 1. The normalized spacial score (nSPS) is 14.1. The summed E-state index contributed by atoms with van der Waals surface area (Å²) in [6.07, 6.45) is 5.01. The van der Waals surface area contributed by atoms with E-state index >= 15 is 0 Å². The first-order valence-corrected chi connectivity index (χ1v) is 11.4. The maximum Gasteiger partial charge on any atom is 0.246 e. The summed E-state index contributed by atoms with van der Waals surface area (Å²) in [6, 6.07) is 11.5. The molecule has 1 aliphatic heterocycles. The number of nitrogens with zero attached hydrogens (tertiary/aromatic N) is 2. The molecule has 0 atom stereocenters. The Morgan fingerprint density at radius 3 is 2.41 bits per heavy atom. The first-order chi connectivity index (χ1) is 16.4. The summed E-state index contributed by atoms with van der Waals surface area (Å²) < 4.78 is 10.9. The van der Waals surface area contributed by atoms with Crippen LogP contribution in [0.1, 0.15) is 16.7 Å². The molecule has 0 saturated carbocycles. The van der Waals surface area contributed by atoms with Crippen molar-refractivity contribution in [2.24, 2.45) is 0 Å². The third-order valence-corrected chi connectivity index (χ3v) is 5.76. The van der Waals surface area contributed by atoms with Gasteiger partial charge >= 0.3 is 0 Å². The molecule has 0 spiro atoms. The van der Waals surface area contributed by atoms with Gasteiger partial charge in [0, 0.05) is 37.9 Å². The molecule has 2 amide bonds. The van der Waals surface area contributed by atoms with Crippen molar-refractivity contribution in [2.75, 3.05) is 51.8 Å². The van der Waals surface area contributed by atoms with Crippen LogP contribution in [0, 0.1) is 13.8 Å². The Morgan fingerprint density at radius 1 is 1.06 bits per heavy atom. The fraction of sp³-hybridized carbons (Fsp3) is 0.333. The molecule has 0 radical (unpaired) electrons. The van der Waals surface area contributed by atoms with Gasteiger partial charge in [-0.15, -0.1) is 0 Å². The summed E-state index contributed by atoms with van der Waals surface area (Å²) in [5.41, 5.74) is 3.82. The molecule has 1 N–H and O–H groups in total. The molecular weight excluding hydrogens is 430 g/mol. The number of rotatable bonds is 9. The minimum Gasteiger partial charge on any atom is -0.493 e. The fourth-order valence-corrected chi connectivity index (χ4v) is 3.85. The monoisotopic (exact) mass is 463 g/mol. The second-order valence-electron chi connectivity index (χ2n) is 8.26. The van der Waals surface area contributed by atoms with Crippen LogP contribution >= 0.6 is 0 Å². The first kappa shape index (κ1) is 25.1. The number of para-hydroxylation sites is 1. The van der Waals surface area contributed by atoms with Crippen LogP contribution < -0.4 is 14.8 Å². The second kappa shape index (κ2) is 12.0. The van der Waals surface area contributed by atoms with Gasteiger partial charge in [-0.3, -0.25) is 14.5 Å². The average Bonchev–Trinajstić information content (AvgIpc) is 2.84. The highest BCUT2D eigenvalue weighted by Gasteiger charge is 2.21. The van der Waals surface area contributed by atoms with Gasteiger partial charge in [0.25, 0.3) is 0 Å². The van der Waals surface area contributed by atoms with Crippen molar-refractivity contribution in [3.05, 3.63) is 71.8 Å². The molecule has 3 rings (SSSR count). The second-order valence-corrected chi connectivity index (χ2v) is 8.26. The lowest BCUT2D eigenvalue weighted by Crippen LogP contribution is -2.50. The van der Waals surface area contributed by atoms with E-state index < -0.39 is 0 Å². The van der Waals surface area contributed by atoms with Gasteiger partial charge in [-0.1, -0.05) is 36.9 Å². The Kier molecular flexibility index (Phi) is 8.87. The van der Waals surface area contributed by atoms with Crippen molar-refractivity contribution in [1.29, 1.82) is 0 Å². The van der Waals surface area contributed by atoms with E-state index in [1.807, 2.05) is 50.2 Å². The van der Waals surface area contributed by atoms with Crippen LogP contribution in [0.15, 0.2) is 55.1 Å².